The van der Waals surface area contributed by atoms with Crippen molar-refractivity contribution in [2.45, 2.75) is 19.2 Å². The van der Waals surface area contributed by atoms with Crippen LogP contribution in [-0.4, -0.2) is 31.6 Å². The standard InChI is InChI=1S/C20H18ClF3N2O3/c21-15-3-6-18(29-20(22,23)24)17(11-15)25-19(28)14-7-9-26(10-8-14)16-4-1-13(12-27)2-5-16/h1-6,11-12,14H,7-10H2,(H,25,28). The van der Waals surface area contributed by atoms with Crippen molar-refractivity contribution in [1.29, 1.82) is 0 Å². The van der Waals surface area contributed by atoms with Crippen LogP contribution >= 0.6 is 11.6 Å². The van der Waals surface area contributed by atoms with Gasteiger partial charge in [0.1, 0.15) is 6.29 Å². The van der Waals surface area contributed by atoms with Crippen LogP contribution in [0.5, 0.6) is 5.75 Å². The third-order valence-electron chi connectivity index (χ3n) is 4.69. The lowest BCUT2D eigenvalue weighted by Crippen LogP contribution is -2.38. The quantitative estimate of drug-likeness (QED) is 0.690. The topological polar surface area (TPSA) is 58.6 Å². The summed E-state index contributed by atoms with van der Waals surface area (Å²) in [7, 11) is 0. The molecule has 9 heteroatoms. The molecule has 0 aliphatic carbocycles. The molecule has 1 heterocycles. The number of nitrogens with zero attached hydrogens (tertiary/aromatic N) is 1. The highest BCUT2D eigenvalue weighted by molar-refractivity contribution is 6.31. The first-order chi connectivity index (χ1) is 13.7. The second-order valence-corrected chi connectivity index (χ2v) is 7.08. The first kappa shape index (κ1) is 21.0. The van der Waals surface area contributed by atoms with Gasteiger partial charge >= 0.3 is 6.36 Å². The normalized spacial score (nSPS) is 15.1. The molecule has 5 nitrogen and oxygen atoms in total. The van der Waals surface area contributed by atoms with Gasteiger partial charge in [0.2, 0.25) is 5.91 Å². The first-order valence-electron chi connectivity index (χ1n) is 8.91. The van der Waals surface area contributed by atoms with Gasteiger partial charge in [-0.1, -0.05) is 11.6 Å². The van der Waals surface area contributed by atoms with Crippen molar-refractivity contribution >= 4 is 35.2 Å². The lowest BCUT2D eigenvalue weighted by atomic mass is 9.95. The Morgan fingerprint density at radius 1 is 1.14 bits per heavy atom. The Morgan fingerprint density at radius 2 is 1.79 bits per heavy atom. The van der Waals surface area contributed by atoms with Crippen molar-refractivity contribution in [1.82, 2.24) is 0 Å². The van der Waals surface area contributed by atoms with Crippen LogP contribution in [0, 0.1) is 5.92 Å². The zero-order chi connectivity index (χ0) is 21.0. The summed E-state index contributed by atoms with van der Waals surface area (Å²) in [5.41, 5.74) is 1.42. The van der Waals surface area contributed by atoms with E-state index in [2.05, 4.69) is 15.0 Å². The minimum absolute atomic E-state index is 0.119. The van der Waals surface area contributed by atoms with E-state index in [-0.39, 0.29) is 22.5 Å². The van der Waals surface area contributed by atoms with E-state index in [4.69, 9.17) is 11.6 Å². The Kier molecular flexibility index (Phi) is 6.32. The minimum atomic E-state index is -4.88. The summed E-state index contributed by atoms with van der Waals surface area (Å²) in [4.78, 5) is 25.4. The van der Waals surface area contributed by atoms with Gasteiger partial charge < -0.3 is 15.0 Å². The first-order valence-corrected chi connectivity index (χ1v) is 9.29. The van der Waals surface area contributed by atoms with Gasteiger partial charge in [-0.05, 0) is 55.3 Å². The molecule has 1 fully saturated rings. The van der Waals surface area contributed by atoms with E-state index in [9.17, 15) is 22.8 Å². The highest BCUT2D eigenvalue weighted by Crippen LogP contribution is 2.33. The fraction of sp³-hybridized carbons (Fsp3) is 0.300. The van der Waals surface area contributed by atoms with Crippen molar-refractivity contribution < 1.29 is 27.5 Å². The molecule has 0 saturated carbocycles. The van der Waals surface area contributed by atoms with Crippen molar-refractivity contribution in [2.75, 3.05) is 23.3 Å². The molecule has 1 N–H and O–H groups in total. The fourth-order valence-corrected chi connectivity index (χ4v) is 3.38. The molecule has 0 spiro atoms. The smallest absolute Gasteiger partial charge is 0.404 e. The Balaban J connectivity index is 1.62. The molecule has 154 valence electrons. The number of ether oxygens (including phenoxy) is 1. The monoisotopic (exact) mass is 426 g/mol. The summed E-state index contributed by atoms with van der Waals surface area (Å²) in [6.07, 6.45) is -3.03. The highest BCUT2D eigenvalue weighted by Gasteiger charge is 2.33. The summed E-state index contributed by atoms with van der Waals surface area (Å²) in [6.45, 7) is 1.22. The number of anilines is 2. The van der Waals surface area contributed by atoms with E-state index < -0.39 is 12.1 Å². The maximum absolute atomic E-state index is 12.6. The molecule has 29 heavy (non-hydrogen) atoms. The number of benzene rings is 2. The zero-order valence-electron chi connectivity index (χ0n) is 15.2. The van der Waals surface area contributed by atoms with E-state index in [0.29, 0.717) is 31.5 Å². The minimum Gasteiger partial charge on any atom is -0.404 e. The highest BCUT2D eigenvalue weighted by atomic mass is 35.5. The van der Waals surface area contributed by atoms with Gasteiger partial charge in [0.25, 0.3) is 0 Å². The summed E-state index contributed by atoms with van der Waals surface area (Å²) in [5, 5.41) is 2.69. The molecule has 1 saturated heterocycles. The number of alkyl halides is 3. The molecule has 1 aliphatic rings. The SMILES string of the molecule is O=Cc1ccc(N2CCC(C(=O)Nc3cc(Cl)ccc3OC(F)(F)F)CC2)cc1. The van der Waals surface area contributed by atoms with Crippen LogP contribution in [0.25, 0.3) is 0 Å². The van der Waals surface area contributed by atoms with Crippen LogP contribution in [-0.2, 0) is 4.79 Å². The third-order valence-corrected chi connectivity index (χ3v) is 4.92. The van der Waals surface area contributed by atoms with E-state index in [1.54, 1.807) is 12.1 Å². The lowest BCUT2D eigenvalue weighted by Gasteiger charge is -2.33. The number of carbonyl (C=O) groups is 2. The molecule has 0 aromatic heterocycles. The predicted molar refractivity (Wildman–Crippen MR) is 104 cm³/mol. The summed E-state index contributed by atoms with van der Waals surface area (Å²) < 4.78 is 41.7. The summed E-state index contributed by atoms with van der Waals surface area (Å²) in [6, 6.07) is 10.7. The number of rotatable bonds is 5. The second kappa shape index (κ2) is 8.73. The zero-order valence-corrected chi connectivity index (χ0v) is 16.0. The molecule has 1 aliphatic heterocycles. The van der Waals surface area contributed by atoms with Crippen molar-refractivity contribution in [3.8, 4) is 5.75 Å². The number of nitrogens with one attached hydrogen (secondary N) is 1. The molecule has 0 bridgehead atoms. The number of hydrogen-bond acceptors (Lipinski definition) is 4. The Labute approximate surface area is 170 Å². The van der Waals surface area contributed by atoms with Crippen molar-refractivity contribution in [2.24, 2.45) is 5.92 Å². The molecular formula is C20H18ClF3N2O3. The van der Waals surface area contributed by atoms with Gasteiger partial charge in [-0.15, -0.1) is 13.2 Å². The number of hydrogen-bond donors (Lipinski definition) is 1. The maximum atomic E-state index is 12.6. The molecule has 2 aromatic carbocycles. The maximum Gasteiger partial charge on any atom is 0.573 e. The average molecular weight is 427 g/mol. The Hall–Kier alpha value is -2.74. The molecule has 0 atom stereocenters. The number of carbonyl (C=O) groups excluding carboxylic acids is 2. The number of halogens is 4. The molecule has 0 radical (unpaired) electrons. The number of piperidine rings is 1. The van der Waals surface area contributed by atoms with Gasteiger partial charge in [-0.2, -0.15) is 0 Å². The summed E-state index contributed by atoms with van der Waals surface area (Å²) >= 11 is 5.85. The molecular weight excluding hydrogens is 409 g/mol. The molecule has 0 unspecified atom stereocenters. The van der Waals surface area contributed by atoms with E-state index in [0.717, 1.165) is 18.0 Å². The Morgan fingerprint density at radius 3 is 2.38 bits per heavy atom. The van der Waals surface area contributed by atoms with Crippen LogP contribution in [0.1, 0.15) is 23.2 Å². The van der Waals surface area contributed by atoms with Gasteiger partial charge in [-0.25, -0.2) is 0 Å². The molecule has 2 aromatic rings. The average Bonchev–Trinajstić information content (AvgIpc) is 2.69. The van der Waals surface area contributed by atoms with Crippen LogP contribution in [0.2, 0.25) is 5.02 Å². The second-order valence-electron chi connectivity index (χ2n) is 6.65. The molecule has 3 rings (SSSR count). The fourth-order valence-electron chi connectivity index (χ4n) is 3.21. The largest absolute Gasteiger partial charge is 0.573 e. The summed E-state index contributed by atoms with van der Waals surface area (Å²) in [5.74, 6) is -1.24. The number of amides is 1. The van der Waals surface area contributed by atoms with Gasteiger partial charge in [0.15, 0.2) is 5.75 Å². The van der Waals surface area contributed by atoms with Crippen LogP contribution in [0.15, 0.2) is 42.5 Å². The van der Waals surface area contributed by atoms with Crippen LogP contribution in [0.3, 0.4) is 0 Å². The van der Waals surface area contributed by atoms with Gasteiger partial charge in [-0.3, -0.25) is 9.59 Å². The van der Waals surface area contributed by atoms with E-state index in [1.807, 2.05) is 12.1 Å². The third kappa shape index (κ3) is 5.63. The van der Waals surface area contributed by atoms with Crippen molar-refractivity contribution in [3.63, 3.8) is 0 Å². The van der Waals surface area contributed by atoms with E-state index in [1.165, 1.54) is 12.1 Å². The van der Waals surface area contributed by atoms with Crippen molar-refractivity contribution in [3.05, 3.63) is 53.1 Å². The van der Waals surface area contributed by atoms with E-state index >= 15 is 0 Å². The van der Waals surface area contributed by atoms with Crippen LogP contribution in [0.4, 0.5) is 24.5 Å². The predicted octanol–water partition coefficient (Wildman–Crippen LogP) is 4.91. The molecule has 1 amide bonds. The van der Waals surface area contributed by atoms with Gasteiger partial charge in [0, 0.05) is 35.3 Å². The van der Waals surface area contributed by atoms with Gasteiger partial charge in [0.05, 0.1) is 5.69 Å². The van der Waals surface area contributed by atoms with Crippen LogP contribution < -0.4 is 15.0 Å². The Bertz CT molecular complexity index is 880. The number of aldehydes is 1. The lowest BCUT2D eigenvalue weighted by molar-refractivity contribution is -0.274.